The molecule has 0 spiro atoms. The molecule has 0 amide bonds. The minimum absolute atomic E-state index is 0. The van der Waals surface area contributed by atoms with Crippen molar-refractivity contribution in [1.29, 1.82) is 0 Å². The van der Waals surface area contributed by atoms with Crippen molar-refractivity contribution in [3.63, 3.8) is 0 Å². The van der Waals surface area contributed by atoms with Gasteiger partial charge in [0.1, 0.15) is 0 Å². The summed E-state index contributed by atoms with van der Waals surface area (Å²) >= 11 is 0. The number of hydrogen-bond donors (Lipinski definition) is 0. The first-order valence-corrected chi connectivity index (χ1v) is 14.5. The summed E-state index contributed by atoms with van der Waals surface area (Å²) < 4.78 is 0. The molecular weight excluding hydrogens is 631 g/mol. The van der Waals surface area contributed by atoms with Crippen molar-refractivity contribution in [2.45, 2.75) is 100 Å². The number of aryl methyl sites for hydroxylation is 6. The maximum Gasteiger partial charge on any atom is 3.00 e. The summed E-state index contributed by atoms with van der Waals surface area (Å²) in [7, 11) is 0. The van der Waals surface area contributed by atoms with Crippen LogP contribution in [0.15, 0.2) is 42.5 Å². The molecular formula is C39H45Cl2Zr. The van der Waals surface area contributed by atoms with Gasteiger partial charge in [-0.1, -0.05) is 117 Å². The van der Waals surface area contributed by atoms with Crippen LogP contribution < -0.4 is 24.8 Å². The Morgan fingerprint density at radius 2 is 0.952 bits per heavy atom. The van der Waals surface area contributed by atoms with E-state index in [1.807, 2.05) is 0 Å². The van der Waals surface area contributed by atoms with E-state index in [0.29, 0.717) is 0 Å². The van der Waals surface area contributed by atoms with Crippen molar-refractivity contribution in [3.05, 3.63) is 104 Å². The standard InChI is InChI=1S/C39H45.2ClH.Zr/c1-22-13-24(3)36(25(4)14-22)32-18-28-17-29-19-33(37-26(5)15-23(2)16-27(37)6)35(39(10,11)12)21-31(29)30(28)20-34(32)38(7,8)9;;;/h13-16,18,20-21H,17H2,1-12H3;2*1H;/q-1;;;+3/p-2. The largest absolute Gasteiger partial charge is 3.00 e. The first-order valence-electron chi connectivity index (χ1n) is 14.5. The Labute approximate surface area is 287 Å². The van der Waals surface area contributed by atoms with Crippen LogP contribution in [0, 0.1) is 47.6 Å². The number of hydrogen-bond acceptors (Lipinski definition) is 0. The second-order valence-electron chi connectivity index (χ2n) is 14.2. The number of rotatable bonds is 2. The molecule has 0 atom stereocenters. The number of halogens is 2. The first-order chi connectivity index (χ1) is 18.1. The van der Waals surface area contributed by atoms with Crippen molar-refractivity contribution < 1.29 is 51.0 Å². The molecule has 0 bridgehead atoms. The summed E-state index contributed by atoms with van der Waals surface area (Å²) in [4.78, 5) is 0. The fourth-order valence-corrected chi connectivity index (χ4v) is 7.00. The Morgan fingerprint density at radius 1 is 0.524 bits per heavy atom. The molecule has 4 aromatic carbocycles. The normalized spacial score (nSPS) is 12.1. The zero-order valence-corrected chi connectivity index (χ0v) is 31.5. The van der Waals surface area contributed by atoms with Gasteiger partial charge in [-0.25, -0.2) is 0 Å². The zero-order valence-electron chi connectivity index (χ0n) is 27.5. The molecule has 0 N–H and O–H groups in total. The van der Waals surface area contributed by atoms with Crippen LogP contribution in [0.5, 0.6) is 0 Å². The summed E-state index contributed by atoms with van der Waals surface area (Å²) in [5.74, 6) is 0. The minimum Gasteiger partial charge on any atom is -1.00 e. The summed E-state index contributed by atoms with van der Waals surface area (Å²) in [6.45, 7) is 27.5. The van der Waals surface area contributed by atoms with Gasteiger partial charge in [-0.05, 0) is 92.2 Å². The summed E-state index contributed by atoms with van der Waals surface area (Å²) in [5, 5.41) is 0. The van der Waals surface area contributed by atoms with Crippen LogP contribution >= 0.6 is 0 Å². The van der Waals surface area contributed by atoms with Crippen molar-refractivity contribution in [1.82, 2.24) is 0 Å². The molecule has 42 heavy (non-hydrogen) atoms. The monoisotopic (exact) mass is 673 g/mol. The molecule has 1 radical (unpaired) electrons. The molecule has 4 aromatic rings. The van der Waals surface area contributed by atoms with Crippen molar-refractivity contribution >= 4 is 0 Å². The molecule has 219 valence electrons. The van der Waals surface area contributed by atoms with Crippen LogP contribution in [-0.2, 0) is 43.5 Å². The molecule has 0 aromatic heterocycles. The van der Waals surface area contributed by atoms with E-state index in [1.165, 1.54) is 89.0 Å². The van der Waals surface area contributed by atoms with Gasteiger partial charge in [-0.15, -0.1) is 28.8 Å². The number of fused-ring (bicyclic) bond motifs is 3. The molecule has 0 saturated heterocycles. The molecule has 5 rings (SSSR count). The maximum absolute atomic E-state index is 4.01. The summed E-state index contributed by atoms with van der Waals surface area (Å²) in [6.07, 6.45) is 0.938. The fraction of sp³-hybridized carbons (Fsp3) is 0.385. The maximum atomic E-state index is 4.01. The molecule has 1 aliphatic carbocycles. The van der Waals surface area contributed by atoms with E-state index in [1.54, 1.807) is 0 Å². The van der Waals surface area contributed by atoms with E-state index in [2.05, 4.69) is 132 Å². The third-order valence-electron chi connectivity index (χ3n) is 8.55. The van der Waals surface area contributed by atoms with E-state index >= 15 is 0 Å². The molecule has 0 unspecified atom stereocenters. The van der Waals surface area contributed by atoms with Crippen molar-refractivity contribution in [2.75, 3.05) is 0 Å². The van der Waals surface area contributed by atoms with Crippen LogP contribution in [0.4, 0.5) is 0 Å². The number of benzene rings is 4. The Morgan fingerprint density at radius 3 is 1.40 bits per heavy atom. The molecule has 0 heterocycles. The van der Waals surface area contributed by atoms with Gasteiger partial charge >= 0.3 is 26.2 Å². The van der Waals surface area contributed by atoms with E-state index < -0.39 is 0 Å². The van der Waals surface area contributed by atoms with Gasteiger partial charge < -0.3 is 24.8 Å². The van der Waals surface area contributed by atoms with Crippen molar-refractivity contribution in [2.24, 2.45) is 0 Å². The van der Waals surface area contributed by atoms with Gasteiger partial charge in [0.15, 0.2) is 0 Å². The second kappa shape index (κ2) is 12.8. The SMILES string of the molecule is Cc1cc(C)c(-c2[c-]c3c(cc2C(C)(C)C)-c2cc(C(C)(C)C)c(-c4c(C)cc(C)cc4C)cc2C3)c(C)c1.[Cl-].[Cl-].[Zr+3]. The summed E-state index contributed by atoms with van der Waals surface area (Å²) in [6, 6.07) is 20.8. The van der Waals surface area contributed by atoms with Gasteiger partial charge in [-0.2, -0.15) is 0 Å². The van der Waals surface area contributed by atoms with E-state index in [-0.39, 0.29) is 61.8 Å². The quantitative estimate of drug-likeness (QED) is 0.235. The average molecular weight is 676 g/mol. The third kappa shape index (κ3) is 6.55. The van der Waals surface area contributed by atoms with E-state index in [9.17, 15) is 0 Å². The fourth-order valence-electron chi connectivity index (χ4n) is 7.00. The minimum atomic E-state index is 0. The Balaban J connectivity index is 0.00000205. The van der Waals surface area contributed by atoms with Gasteiger partial charge in [-0.3, -0.25) is 0 Å². The van der Waals surface area contributed by atoms with Crippen LogP contribution in [0.2, 0.25) is 0 Å². The second-order valence-corrected chi connectivity index (χ2v) is 14.2. The molecule has 1 aliphatic rings. The molecule has 0 aliphatic heterocycles. The molecule has 0 saturated carbocycles. The predicted octanol–water partition coefficient (Wildman–Crippen LogP) is 4.84. The first kappa shape index (κ1) is 36.5. The Kier molecular flexibility index (Phi) is 11.1. The Bertz CT molecular complexity index is 1480. The van der Waals surface area contributed by atoms with E-state index in [4.69, 9.17) is 0 Å². The smallest absolute Gasteiger partial charge is 1.00 e. The Hall–Kier alpha value is -1.66. The van der Waals surface area contributed by atoms with Crippen LogP contribution in [-0.4, -0.2) is 0 Å². The molecule has 0 fully saturated rings. The molecule has 3 heteroatoms. The third-order valence-corrected chi connectivity index (χ3v) is 8.55. The topological polar surface area (TPSA) is 0 Å². The van der Waals surface area contributed by atoms with Gasteiger partial charge in [0.25, 0.3) is 0 Å². The van der Waals surface area contributed by atoms with Crippen LogP contribution in [0.1, 0.15) is 97.2 Å². The molecule has 0 nitrogen and oxygen atoms in total. The predicted molar refractivity (Wildman–Crippen MR) is 170 cm³/mol. The average Bonchev–Trinajstić information content (AvgIpc) is 3.12. The van der Waals surface area contributed by atoms with Crippen LogP contribution in [0.25, 0.3) is 33.4 Å². The van der Waals surface area contributed by atoms with E-state index in [0.717, 1.165) is 6.42 Å². The van der Waals surface area contributed by atoms with Crippen LogP contribution in [0.3, 0.4) is 0 Å². The van der Waals surface area contributed by atoms with Gasteiger partial charge in [0.2, 0.25) is 0 Å². The summed E-state index contributed by atoms with van der Waals surface area (Å²) in [5.41, 5.74) is 21.9. The zero-order chi connectivity index (χ0) is 28.6. The van der Waals surface area contributed by atoms with Crippen molar-refractivity contribution in [3.8, 4) is 33.4 Å². The van der Waals surface area contributed by atoms with Gasteiger partial charge in [0, 0.05) is 0 Å². The van der Waals surface area contributed by atoms with Gasteiger partial charge in [0.05, 0.1) is 0 Å².